The number of carbonyl (C=O) groups is 1. The number of nitrogens with zero attached hydrogens (tertiary/aromatic N) is 1. The molecule has 0 radical (unpaired) electrons. The van der Waals surface area contributed by atoms with E-state index in [2.05, 4.69) is 15.6 Å². The van der Waals surface area contributed by atoms with Gasteiger partial charge in [-0.1, -0.05) is 0 Å². The first kappa shape index (κ1) is 12.6. The topological polar surface area (TPSA) is 54.0 Å². The SMILES string of the molecule is CCNc1ccc(C(=O)NCc2ccsc2)cn1. The zero-order valence-corrected chi connectivity index (χ0v) is 11.0. The summed E-state index contributed by atoms with van der Waals surface area (Å²) in [5.41, 5.74) is 1.69. The fourth-order valence-corrected chi connectivity index (χ4v) is 2.16. The van der Waals surface area contributed by atoms with Gasteiger partial charge >= 0.3 is 0 Å². The van der Waals surface area contributed by atoms with Gasteiger partial charge < -0.3 is 10.6 Å². The van der Waals surface area contributed by atoms with Crippen LogP contribution in [-0.2, 0) is 6.54 Å². The van der Waals surface area contributed by atoms with E-state index in [-0.39, 0.29) is 5.91 Å². The molecule has 2 heterocycles. The van der Waals surface area contributed by atoms with Gasteiger partial charge in [-0.05, 0) is 41.4 Å². The van der Waals surface area contributed by atoms with Gasteiger partial charge in [0.25, 0.3) is 5.91 Å². The maximum Gasteiger partial charge on any atom is 0.253 e. The number of nitrogens with one attached hydrogen (secondary N) is 2. The van der Waals surface area contributed by atoms with Crippen molar-refractivity contribution in [3.8, 4) is 0 Å². The summed E-state index contributed by atoms with van der Waals surface area (Å²) in [5.74, 6) is 0.684. The molecule has 0 saturated carbocycles. The van der Waals surface area contributed by atoms with E-state index in [0.717, 1.165) is 17.9 Å². The minimum absolute atomic E-state index is 0.100. The molecule has 0 aliphatic heterocycles. The van der Waals surface area contributed by atoms with E-state index >= 15 is 0 Å². The third-order valence-electron chi connectivity index (χ3n) is 2.42. The lowest BCUT2D eigenvalue weighted by molar-refractivity contribution is 0.0950. The van der Waals surface area contributed by atoms with Gasteiger partial charge in [0.1, 0.15) is 5.82 Å². The molecule has 0 fully saturated rings. The number of aromatic nitrogens is 1. The molecule has 18 heavy (non-hydrogen) atoms. The lowest BCUT2D eigenvalue weighted by Gasteiger charge is -2.05. The molecule has 0 saturated heterocycles. The van der Waals surface area contributed by atoms with E-state index < -0.39 is 0 Å². The standard InChI is InChI=1S/C13H15N3OS/c1-2-14-12-4-3-11(8-15-12)13(17)16-7-10-5-6-18-9-10/h3-6,8-9H,2,7H2,1H3,(H,14,15)(H,16,17). The second kappa shape index (κ2) is 6.16. The average molecular weight is 261 g/mol. The predicted molar refractivity (Wildman–Crippen MR) is 73.9 cm³/mol. The van der Waals surface area contributed by atoms with Crippen LogP contribution in [0.4, 0.5) is 5.82 Å². The third-order valence-corrected chi connectivity index (χ3v) is 3.15. The molecule has 1 amide bonds. The highest BCUT2D eigenvalue weighted by Crippen LogP contribution is 2.07. The van der Waals surface area contributed by atoms with Crippen LogP contribution in [0.1, 0.15) is 22.8 Å². The summed E-state index contributed by atoms with van der Waals surface area (Å²) in [6.45, 7) is 3.37. The number of thiophene rings is 1. The van der Waals surface area contributed by atoms with Crippen molar-refractivity contribution in [2.45, 2.75) is 13.5 Å². The van der Waals surface area contributed by atoms with Crippen molar-refractivity contribution in [2.75, 3.05) is 11.9 Å². The van der Waals surface area contributed by atoms with Crippen LogP contribution in [0.3, 0.4) is 0 Å². The summed E-state index contributed by atoms with van der Waals surface area (Å²) in [5, 5.41) is 9.96. The lowest BCUT2D eigenvalue weighted by Crippen LogP contribution is -2.22. The Morgan fingerprint density at radius 3 is 2.89 bits per heavy atom. The van der Waals surface area contributed by atoms with Crippen LogP contribution in [0.25, 0.3) is 0 Å². The summed E-state index contributed by atoms with van der Waals surface area (Å²) < 4.78 is 0. The first-order valence-corrected chi connectivity index (χ1v) is 6.73. The summed E-state index contributed by atoms with van der Waals surface area (Å²) >= 11 is 1.62. The largest absolute Gasteiger partial charge is 0.370 e. The average Bonchev–Trinajstić information content (AvgIpc) is 2.90. The first-order chi connectivity index (χ1) is 8.79. The van der Waals surface area contributed by atoms with Gasteiger partial charge in [0, 0.05) is 19.3 Å². The molecule has 0 aliphatic rings. The van der Waals surface area contributed by atoms with Gasteiger partial charge in [0.15, 0.2) is 0 Å². The minimum atomic E-state index is -0.100. The molecule has 0 aromatic carbocycles. The molecule has 2 aromatic heterocycles. The van der Waals surface area contributed by atoms with Gasteiger partial charge in [0.2, 0.25) is 0 Å². The van der Waals surface area contributed by atoms with E-state index in [0.29, 0.717) is 12.1 Å². The highest BCUT2D eigenvalue weighted by molar-refractivity contribution is 7.07. The van der Waals surface area contributed by atoms with Crippen molar-refractivity contribution >= 4 is 23.1 Å². The normalized spacial score (nSPS) is 10.1. The maximum atomic E-state index is 11.8. The van der Waals surface area contributed by atoms with Crippen molar-refractivity contribution in [1.29, 1.82) is 0 Å². The summed E-state index contributed by atoms with van der Waals surface area (Å²) in [7, 11) is 0. The Balaban J connectivity index is 1.92. The van der Waals surface area contributed by atoms with Crippen LogP contribution in [0.15, 0.2) is 35.2 Å². The Kier molecular flexibility index (Phi) is 4.30. The van der Waals surface area contributed by atoms with Crippen molar-refractivity contribution in [2.24, 2.45) is 0 Å². The molecule has 2 aromatic rings. The third kappa shape index (κ3) is 3.30. The minimum Gasteiger partial charge on any atom is -0.370 e. The highest BCUT2D eigenvalue weighted by Gasteiger charge is 2.05. The monoisotopic (exact) mass is 261 g/mol. The fraction of sp³-hybridized carbons (Fsp3) is 0.231. The molecule has 0 bridgehead atoms. The van der Waals surface area contributed by atoms with Crippen LogP contribution in [0.5, 0.6) is 0 Å². The number of hydrogen-bond acceptors (Lipinski definition) is 4. The van der Waals surface area contributed by atoms with Crippen molar-refractivity contribution in [3.05, 3.63) is 46.3 Å². The van der Waals surface area contributed by atoms with Crippen molar-refractivity contribution in [1.82, 2.24) is 10.3 Å². The molecule has 94 valence electrons. The Morgan fingerprint density at radius 2 is 2.28 bits per heavy atom. The van der Waals surface area contributed by atoms with Gasteiger partial charge in [-0.2, -0.15) is 11.3 Å². The van der Waals surface area contributed by atoms with Gasteiger partial charge in [-0.3, -0.25) is 4.79 Å². The zero-order chi connectivity index (χ0) is 12.8. The van der Waals surface area contributed by atoms with Crippen LogP contribution >= 0.6 is 11.3 Å². The Morgan fingerprint density at radius 1 is 1.39 bits per heavy atom. The van der Waals surface area contributed by atoms with Gasteiger partial charge in [-0.25, -0.2) is 4.98 Å². The maximum absolute atomic E-state index is 11.8. The Hall–Kier alpha value is -1.88. The summed E-state index contributed by atoms with van der Waals surface area (Å²) in [4.78, 5) is 16.0. The van der Waals surface area contributed by atoms with E-state index in [4.69, 9.17) is 0 Å². The van der Waals surface area contributed by atoms with Gasteiger partial charge in [0.05, 0.1) is 5.56 Å². The molecule has 4 nitrogen and oxygen atoms in total. The van der Waals surface area contributed by atoms with Crippen LogP contribution in [-0.4, -0.2) is 17.4 Å². The Bertz CT molecular complexity index is 493. The van der Waals surface area contributed by atoms with Gasteiger partial charge in [-0.15, -0.1) is 0 Å². The molecular formula is C13H15N3OS. The van der Waals surface area contributed by atoms with E-state index in [1.165, 1.54) is 0 Å². The Labute approximate surface area is 110 Å². The number of pyridine rings is 1. The summed E-state index contributed by atoms with van der Waals surface area (Å²) in [6.07, 6.45) is 1.58. The fourth-order valence-electron chi connectivity index (χ4n) is 1.49. The number of amides is 1. The number of carbonyl (C=O) groups excluding carboxylic acids is 1. The molecule has 2 N–H and O–H groups in total. The number of hydrogen-bond donors (Lipinski definition) is 2. The molecule has 0 spiro atoms. The zero-order valence-electron chi connectivity index (χ0n) is 10.1. The number of rotatable bonds is 5. The second-order valence-electron chi connectivity index (χ2n) is 3.78. The van der Waals surface area contributed by atoms with Crippen LogP contribution in [0.2, 0.25) is 0 Å². The highest BCUT2D eigenvalue weighted by atomic mass is 32.1. The van der Waals surface area contributed by atoms with Crippen LogP contribution < -0.4 is 10.6 Å². The molecule has 2 rings (SSSR count). The number of anilines is 1. The van der Waals surface area contributed by atoms with E-state index in [1.807, 2.05) is 29.8 Å². The molecule has 0 aliphatic carbocycles. The second-order valence-corrected chi connectivity index (χ2v) is 4.56. The lowest BCUT2D eigenvalue weighted by atomic mass is 10.2. The van der Waals surface area contributed by atoms with Crippen molar-refractivity contribution < 1.29 is 4.79 Å². The molecule has 0 unspecified atom stereocenters. The van der Waals surface area contributed by atoms with E-state index in [9.17, 15) is 4.79 Å². The van der Waals surface area contributed by atoms with Crippen molar-refractivity contribution in [3.63, 3.8) is 0 Å². The molecular weight excluding hydrogens is 246 g/mol. The molecule has 5 heteroatoms. The summed E-state index contributed by atoms with van der Waals surface area (Å²) in [6, 6.07) is 5.58. The smallest absolute Gasteiger partial charge is 0.253 e. The molecule has 0 atom stereocenters. The predicted octanol–water partition coefficient (Wildman–Crippen LogP) is 2.50. The first-order valence-electron chi connectivity index (χ1n) is 5.79. The van der Waals surface area contributed by atoms with E-state index in [1.54, 1.807) is 23.6 Å². The quantitative estimate of drug-likeness (QED) is 0.869. The van der Waals surface area contributed by atoms with Crippen LogP contribution in [0, 0.1) is 0 Å².